The zero-order valence-corrected chi connectivity index (χ0v) is 21.8. The molecule has 0 fully saturated rings. The highest BCUT2D eigenvalue weighted by Gasteiger charge is 2.42. The van der Waals surface area contributed by atoms with Gasteiger partial charge in [-0.3, -0.25) is 0 Å². The van der Waals surface area contributed by atoms with Crippen LogP contribution in [0.3, 0.4) is 0 Å². The Labute approximate surface area is 185 Å². The van der Waals surface area contributed by atoms with Gasteiger partial charge in [-0.1, -0.05) is 65.0 Å². The highest BCUT2D eigenvalue weighted by atomic mass is 28.4. The molecule has 0 N–H and O–H groups in total. The Bertz CT molecular complexity index is 818. The topological polar surface area (TPSA) is 36.3 Å². The summed E-state index contributed by atoms with van der Waals surface area (Å²) in [6, 6.07) is 10.6. The Morgan fingerprint density at radius 1 is 1.03 bits per heavy atom. The minimum atomic E-state index is -1.91. The monoisotopic (exact) mass is 430 g/mol. The van der Waals surface area contributed by atoms with Crippen molar-refractivity contribution in [1.82, 2.24) is 9.55 Å². The number of rotatable bonds is 9. The van der Waals surface area contributed by atoms with Gasteiger partial charge in [0, 0.05) is 12.2 Å². The third kappa shape index (κ3) is 5.83. The minimum Gasteiger partial charge on any atom is -0.410 e. The zero-order chi connectivity index (χ0) is 22.7. The summed E-state index contributed by atoms with van der Waals surface area (Å²) in [6.07, 6.45) is 0. The van der Waals surface area contributed by atoms with E-state index in [2.05, 4.69) is 96.5 Å². The molecule has 0 aliphatic rings. The van der Waals surface area contributed by atoms with Gasteiger partial charge in [0.1, 0.15) is 12.4 Å². The van der Waals surface area contributed by atoms with Crippen LogP contribution in [0, 0.1) is 0 Å². The van der Waals surface area contributed by atoms with Gasteiger partial charge in [-0.15, -0.1) is 0 Å². The van der Waals surface area contributed by atoms with Crippen molar-refractivity contribution < 1.29 is 9.16 Å². The van der Waals surface area contributed by atoms with Crippen molar-refractivity contribution >= 4 is 8.32 Å². The van der Waals surface area contributed by atoms with Crippen LogP contribution in [-0.4, -0.2) is 30.1 Å². The summed E-state index contributed by atoms with van der Waals surface area (Å²) in [7, 11) is -1.91. The zero-order valence-electron chi connectivity index (χ0n) is 20.8. The molecule has 2 rings (SSSR count). The van der Waals surface area contributed by atoms with Crippen molar-refractivity contribution in [3.05, 3.63) is 41.9 Å². The predicted molar refractivity (Wildman–Crippen MR) is 129 cm³/mol. The second-order valence-electron chi connectivity index (χ2n) is 10.6. The van der Waals surface area contributed by atoms with Crippen LogP contribution in [0.2, 0.25) is 18.1 Å². The molecule has 1 aromatic heterocycles. The summed E-state index contributed by atoms with van der Waals surface area (Å²) in [5, 5.41) is 0.165. The molecule has 30 heavy (non-hydrogen) atoms. The standard InChI is InChI=1S/C25H42N2O2Si/c1-11-28-17-21-26-22(19(2)3)23(20-15-13-12-14-16-20)27(21)18-25(7,8)29-30(9,10)24(4,5)6/h12-16,19H,11,17-18H2,1-10H3. The summed E-state index contributed by atoms with van der Waals surface area (Å²) in [5.41, 5.74) is 3.19. The molecule has 1 aromatic carbocycles. The Balaban J connectivity index is 2.56. The van der Waals surface area contributed by atoms with Crippen molar-refractivity contribution in [3.63, 3.8) is 0 Å². The Morgan fingerprint density at radius 2 is 1.63 bits per heavy atom. The second-order valence-corrected chi connectivity index (χ2v) is 15.4. The van der Waals surface area contributed by atoms with Crippen molar-refractivity contribution in [2.45, 2.75) is 98.2 Å². The third-order valence-corrected chi connectivity index (χ3v) is 10.7. The first kappa shape index (κ1) is 24.8. The van der Waals surface area contributed by atoms with Crippen LogP contribution in [0.5, 0.6) is 0 Å². The molecular weight excluding hydrogens is 388 g/mol. The van der Waals surface area contributed by atoms with E-state index in [4.69, 9.17) is 14.1 Å². The van der Waals surface area contributed by atoms with Crippen molar-refractivity contribution in [2.75, 3.05) is 6.61 Å². The van der Waals surface area contributed by atoms with E-state index in [-0.39, 0.29) is 10.6 Å². The van der Waals surface area contributed by atoms with Crippen molar-refractivity contribution in [1.29, 1.82) is 0 Å². The maximum absolute atomic E-state index is 6.86. The van der Waals surface area contributed by atoms with E-state index in [1.807, 2.05) is 6.92 Å². The number of aromatic nitrogens is 2. The highest BCUT2D eigenvalue weighted by molar-refractivity contribution is 6.74. The first-order chi connectivity index (χ1) is 13.8. The van der Waals surface area contributed by atoms with Crippen LogP contribution in [0.25, 0.3) is 11.3 Å². The average Bonchev–Trinajstić information content (AvgIpc) is 2.96. The van der Waals surface area contributed by atoms with Gasteiger partial charge in [-0.25, -0.2) is 4.98 Å². The lowest BCUT2D eigenvalue weighted by Gasteiger charge is -2.43. The average molecular weight is 431 g/mol. The molecule has 0 aliphatic carbocycles. The van der Waals surface area contributed by atoms with Gasteiger partial charge in [0.15, 0.2) is 8.32 Å². The third-order valence-electron chi connectivity index (χ3n) is 5.98. The number of hydrogen-bond acceptors (Lipinski definition) is 3. The van der Waals surface area contributed by atoms with Gasteiger partial charge in [-0.2, -0.15) is 0 Å². The van der Waals surface area contributed by atoms with Crippen LogP contribution >= 0.6 is 0 Å². The van der Waals surface area contributed by atoms with E-state index < -0.39 is 8.32 Å². The van der Waals surface area contributed by atoms with Gasteiger partial charge in [0.25, 0.3) is 0 Å². The first-order valence-corrected chi connectivity index (χ1v) is 14.1. The summed E-state index contributed by atoms with van der Waals surface area (Å²) in [6.45, 7) is 24.3. The molecule has 0 unspecified atom stereocenters. The molecule has 0 amide bonds. The Kier molecular flexibility index (Phi) is 7.76. The SMILES string of the molecule is CCOCc1nc(C(C)C)c(-c2ccccc2)n1CC(C)(C)O[Si](C)(C)C(C)(C)C. The maximum Gasteiger partial charge on any atom is 0.192 e. The van der Waals surface area contributed by atoms with Crippen molar-refractivity contribution in [2.24, 2.45) is 0 Å². The lowest BCUT2D eigenvalue weighted by Crippen LogP contribution is -2.49. The minimum absolute atomic E-state index is 0.165. The van der Waals surface area contributed by atoms with Gasteiger partial charge < -0.3 is 13.7 Å². The lowest BCUT2D eigenvalue weighted by molar-refractivity contribution is 0.0681. The fourth-order valence-corrected chi connectivity index (χ4v) is 5.30. The quantitative estimate of drug-likeness (QED) is 0.401. The summed E-state index contributed by atoms with van der Waals surface area (Å²) >= 11 is 0. The van der Waals surface area contributed by atoms with E-state index in [1.165, 1.54) is 11.3 Å². The molecule has 0 saturated heterocycles. The fourth-order valence-electron chi connectivity index (χ4n) is 3.55. The van der Waals surface area contributed by atoms with Gasteiger partial charge >= 0.3 is 0 Å². The molecular formula is C25H42N2O2Si. The molecule has 4 nitrogen and oxygen atoms in total. The smallest absolute Gasteiger partial charge is 0.192 e. The molecule has 5 heteroatoms. The van der Waals surface area contributed by atoms with E-state index in [0.717, 1.165) is 18.1 Å². The number of benzene rings is 1. The normalized spacial score (nSPS) is 13.3. The van der Waals surface area contributed by atoms with E-state index in [0.29, 0.717) is 19.1 Å². The van der Waals surface area contributed by atoms with E-state index in [9.17, 15) is 0 Å². The largest absolute Gasteiger partial charge is 0.410 e. The van der Waals surface area contributed by atoms with Crippen LogP contribution in [0.4, 0.5) is 0 Å². The first-order valence-electron chi connectivity index (χ1n) is 11.2. The number of nitrogens with zero attached hydrogens (tertiary/aromatic N) is 2. The highest BCUT2D eigenvalue weighted by Crippen LogP contribution is 2.40. The molecule has 0 saturated carbocycles. The number of hydrogen-bond donors (Lipinski definition) is 0. The van der Waals surface area contributed by atoms with Crippen LogP contribution in [0.1, 0.15) is 72.8 Å². The molecule has 2 aromatic rings. The van der Waals surface area contributed by atoms with Gasteiger partial charge in [0.2, 0.25) is 0 Å². The van der Waals surface area contributed by atoms with E-state index >= 15 is 0 Å². The Hall–Kier alpha value is -1.43. The molecule has 168 valence electrons. The molecule has 0 radical (unpaired) electrons. The van der Waals surface area contributed by atoms with Gasteiger partial charge in [0.05, 0.1) is 23.5 Å². The molecule has 0 bridgehead atoms. The summed E-state index contributed by atoms with van der Waals surface area (Å²) in [4.78, 5) is 5.05. The van der Waals surface area contributed by atoms with Crippen molar-refractivity contribution in [3.8, 4) is 11.3 Å². The number of imidazole rings is 1. The fraction of sp³-hybridized carbons (Fsp3) is 0.640. The van der Waals surface area contributed by atoms with Crippen LogP contribution in [0.15, 0.2) is 30.3 Å². The maximum atomic E-state index is 6.86. The Morgan fingerprint density at radius 3 is 2.13 bits per heavy atom. The van der Waals surface area contributed by atoms with E-state index in [1.54, 1.807) is 0 Å². The predicted octanol–water partition coefficient (Wildman–Crippen LogP) is 7.01. The summed E-state index contributed by atoms with van der Waals surface area (Å²) in [5.74, 6) is 1.30. The number of ether oxygens (including phenoxy) is 1. The lowest BCUT2D eigenvalue weighted by atomic mass is 10.0. The molecule has 0 spiro atoms. The van der Waals surface area contributed by atoms with Crippen LogP contribution in [-0.2, 0) is 22.3 Å². The molecule has 0 atom stereocenters. The van der Waals surface area contributed by atoms with Crippen LogP contribution < -0.4 is 0 Å². The molecule has 0 aliphatic heterocycles. The molecule has 1 heterocycles. The second kappa shape index (κ2) is 9.37. The van der Waals surface area contributed by atoms with Gasteiger partial charge in [-0.05, 0) is 44.8 Å². The summed E-state index contributed by atoms with van der Waals surface area (Å²) < 4.78 is 15.0.